The molecule has 0 saturated carbocycles. The third-order valence-corrected chi connectivity index (χ3v) is 6.04. The van der Waals surface area contributed by atoms with Gasteiger partial charge in [-0.05, 0) is 31.4 Å². The van der Waals surface area contributed by atoms with Crippen LogP contribution in [0, 0.1) is 5.92 Å². The monoisotopic (exact) mass is 470 g/mol. The fourth-order valence-electron chi connectivity index (χ4n) is 3.26. The first kappa shape index (κ1) is 22.3. The van der Waals surface area contributed by atoms with Crippen molar-refractivity contribution >= 4 is 41.7 Å². The highest BCUT2D eigenvalue weighted by Crippen LogP contribution is 2.36. The number of morpholine rings is 1. The van der Waals surface area contributed by atoms with E-state index in [0.717, 1.165) is 45.3 Å². The summed E-state index contributed by atoms with van der Waals surface area (Å²) in [5, 5.41) is 6.92. The van der Waals surface area contributed by atoms with Gasteiger partial charge in [-0.3, -0.25) is 9.89 Å². The fourth-order valence-corrected chi connectivity index (χ4v) is 4.51. The molecule has 0 aromatic heterocycles. The molecule has 0 aromatic rings. The predicted octanol–water partition coefficient (Wildman–Crippen LogP) is 2.41. The van der Waals surface area contributed by atoms with Gasteiger partial charge in [0.05, 0.1) is 12.7 Å². The first-order valence-electron chi connectivity index (χ1n) is 8.93. The molecule has 5 nitrogen and oxygen atoms in total. The van der Waals surface area contributed by atoms with Crippen LogP contribution in [0.5, 0.6) is 0 Å². The van der Waals surface area contributed by atoms with Gasteiger partial charge in [0.15, 0.2) is 5.96 Å². The van der Waals surface area contributed by atoms with Gasteiger partial charge in [0.25, 0.3) is 0 Å². The van der Waals surface area contributed by atoms with Crippen LogP contribution in [-0.2, 0) is 4.74 Å². The molecule has 2 rings (SSSR count). The number of rotatable bonds is 6. The molecule has 2 aliphatic heterocycles. The maximum Gasteiger partial charge on any atom is 0.191 e. The van der Waals surface area contributed by atoms with Crippen molar-refractivity contribution in [1.29, 1.82) is 0 Å². The largest absolute Gasteiger partial charge is 0.374 e. The number of guanidine groups is 1. The smallest absolute Gasteiger partial charge is 0.191 e. The third kappa shape index (κ3) is 7.66. The standard InChI is InChI=1S/C17H34N4OS.HI/c1-14(2)11-21-7-8-22-15(12-21)10-19-16(18-4)20-13-17(3)6-5-9-23-17;/h14-15H,5-13H2,1-4H3,(H2,18,19,20);1H. The summed E-state index contributed by atoms with van der Waals surface area (Å²) in [5.74, 6) is 2.88. The Morgan fingerprint density at radius 2 is 2.21 bits per heavy atom. The summed E-state index contributed by atoms with van der Waals surface area (Å²) in [6.07, 6.45) is 2.87. The predicted molar refractivity (Wildman–Crippen MR) is 116 cm³/mol. The highest BCUT2D eigenvalue weighted by Gasteiger charge is 2.29. The van der Waals surface area contributed by atoms with E-state index in [1.807, 2.05) is 7.05 Å². The lowest BCUT2D eigenvalue weighted by Crippen LogP contribution is -2.51. The molecule has 0 aromatic carbocycles. The Labute approximate surface area is 169 Å². The maximum absolute atomic E-state index is 5.89. The molecular weight excluding hydrogens is 435 g/mol. The third-order valence-electron chi connectivity index (χ3n) is 4.50. The van der Waals surface area contributed by atoms with Crippen LogP contribution in [0.15, 0.2) is 4.99 Å². The number of hydrogen-bond donors (Lipinski definition) is 2. The minimum absolute atomic E-state index is 0. The van der Waals surface area contributed by atoms with Gasteiger partial charge in [-0.2, -0.15) is 11.8 Å². The number of hydrogen-bond acceptors (Lipinski definition) is 4. The van der Waals surface area contributed by atoms with E-state index in [9.17, 15) is 0 Å². The maximum atomic E-state index is 5.89. The SMILES string of the molecule is CN=C(NCC1CN(CC(C)C)CCO1)NCC1(C)CCCS1.I. The van der Waals surface area contributed by atoms with Gasteiger partial charge in [0.1, 0.15) is 0 Å². The topological polar surface area (TPSA) is 48.9 Å². The lowest BCUT2D eigenvalue weighted by molar-refractivity contribution is -0.0284. The molecular formula is C17H35IN4OS. The van der Waals surface area contributed by atoms with Crippen LogP contribution in [0.2, 0.25) is 0 Å². The van der Waals surface area contributed by atoms with Crippen molar-refractivity contribution in [2.24, 2.45) is 10.9 Å². The van der Waals surface area contributed by atoms with Gasteiger partial charge in [-0.15, -0.1) is 24.0 Å². The minimum atomic E-state index is 0. The van der Waals surface area contributed by atoms with Crippen molar-refractivity contribution in [3.05, 3.63) is 0 Å². The first-order valence-corrected chi connectivity index (χ1v) is 9.92. The van der Waals surface area contributed by atoms with Gasteiger partial charge >= 0.3 is 0 Å². The van der Waals surface area contributed by atoms with Gasteiger partial charge in [-0.1, -0.05) is 13.8 Å². The van der Waals surface area contributed by atoms with E-state index in [4.69, 9.17) is 4.74 Å². The van der Waals surface area contributed by atoms with Crippen LogP contribution in [-0.4, -0.2) is 73.8 Å². The molecule has 0 spiro atoms. The zero-order valence-electron chi connectivity index (χ0n) is 15.6. The Bertz CT molecular complexity index is 389. The van der Waals surface area contributed by atoms with E-state index in [1.54, 1.807) is 0 Å². The number of halogens is 1. The van der Waals surface area contributed by atoms with E-state index in [0.29, 0.717) is 10.7 Å². The Balaban J connectivity index is 0.00000288. The van der Waals surface area contributed by atoms with Gasteiger partial charge in [0.2, 0.25) is 0 Å². The van der Waals surface area contributed by atoms with Crippen molar-refractivity contribution in [3.63, 3.8) is 0 Å². The second-order valence-corrected chi connectivity index (χ2v) is 9.04. The zero-order valence-corrected chi connectivity index (χ0v) is 18.8. The van der Waals surface area contributed by atoms with E-state index in [2.05, 4.69) is 53.1 Å². The van der Waals surface area contributed by atoms with E-state index < -0.39 is 0 Å². The van der Waals surface area contributed by atoms with Gasteiger partial charge in [0, 0.05) is 44.5 Å². The lowest BCUT2D eigenvalue weighted by atomic mass is 10.1. The molecule has 24 heavy (non-hydrogen) atoms. The summed E-state index contributed by atoms with van der Waals surface area (Å²) < 4.78 is 6.25. The summed E-state index contributed by atoms with van der Waals surface area (Å²) in [5.41, 5.74) is 0. The Morgan fingerprint density at radius 3 is 2.83 bits per heavy atom. The van der Waals surface area contributed by atoms with Gasteiger partial charge < -0.3 is 15.4 Å². The molecule has 0 aliphatic carbocycles. The quantitative estimate of drug-likeness (QED) is 0.355. The Hall–Kier alpha value is 0.270. The summed E-state index contributed by atoms with van der Waals surface area (Å²) in [6, 6.07) is 0. The molecule has 142 valence electrons. The molecule has 0 radical (unpaired) electrons. The average Bonchev–Trinajstić information content (AvgIpc) is 2.94. The van der Waals surface area contributed by atoms with Crippen LogP contribution < -0.4 is 10.6 Å². The normalized spacial score (nSPS) is 28.7. The van der Waals surface area contributed by atoms with Crippen molar-refractivity contribution in [1.82, 2.24) is 15.5 Å². The minimum Gasteiger partial charge on any atom is -0.374 e. The van der Waals surface area contributed by atoms with Crippen molar-refractivity contribution in [2.45, 2.75) is 44.5 Å². The fraction of sp³-hybridized carbons (Fsp3) is 0.941. The summed E-state index contributed by atoms with van der Waals surface area (Å²) in [7, 11) is 1.84. The lowest BCUT2D eigenvalue weighted by Gasteiger charge is -2.34. The first-order chi connectivity index (χ1) is 11.0. The second-order valence-electron chi connectivity index (χ2n) is 7.35. The molecule has 0 amide bonds. The van der Waals surface area contributed by atoms with Crippen molar-refractivity contribution < 1.29 is 4.74 Å². The molecule has 2 saturated heterocycles. The molecule has 7 heteroatoms. The number of ether oxygens (including phenoxy) is 1. The second kappa shape index (κ2) is 11.1. The number of thioether (sulfide) groups is 1. The van der Waals surface area contributed by atoms with Crippen LogP contribution in [0.25, 0.3) is 0 Å². The van der Waals surface area contributed by atoms with Crippen LogP contribution in [0.4, 0.5) is 0 Å². The summed E-state index contributed by atoms with van der Waals surface area (Å²) in [4.78, 5) is 6.85. The van der Waals surface area contributed by atoms with E-state index in [-0.39, 0.29) is 30.1 Å². The van der Waals surface area contributed by atoms with Crippen molar-refractivity contribution in [3.8, 4) is 0 Å². The molecule has 0 bridgehead atoms. The average molecular weight is 470 g/mol. The zero-order chi connectivity index (χ0) is 16.7. The van der Waals surface area contributed by atoms with Crippen LogP contribution in [0.3, 0.4) is 0 Å². The molecule has 2 atom stereocenters. The Kier molecular flexibility index (Phi) is 10.3. The van der Waals surface area contributed by atoms with Crippen LogP contribution >= 0.6 is 35.7 Å². The molecule has 2 unspecified atom stereocenters. The van der Waals surface area contributed by atoms with Crippen molar-refractivity contribution in [2.75, 3.05) is 52.1 Å². The molecule has 2 N–H and O–H groups in total. The van der Waals surface area contributed by atoms with Crippen LogP contribution in [0.1, 0.15) is 33.6 Å². The van der Waals surface area contributed by atoms with E-state index >= 15 is 0 Å². The summed E-state index contributed by atoms with van der Waals surface area (Å²) >= 11 is 2.07. The number of aliphatic imine (C=N–C) groups is 1. The molecule has 2 heterocycles. The van der Waals surface area contributed by atoms with E-state index in [1.165, 1.54) is 18.6 Å². The van der Waals surface area contributed by atoms with Gasteiger partial charge in [-0.25, -0.2) is 0 Å². The highest BCUT2D eigenvalue weighted by atomic mass is 127. The molecule has 2 aliphatic rings. The molecule has 2 fully saturated rings. The Morgan fingerprint density at radius 1 is 1.42 bits per heavy atom. The number of nitrogens with one attached hydrogen (secondary N) is 2. The number of nitrogens with zero attached hydrogens (tertiary/aromatic N) is 2. The highest BCUT2D eigenvalue weighted by molar-refractivity contribution is 14.0. The summed E-state index contributed by atoms with van der Waals surface area (Å²) in [6.45, 7) is 12.7.